The van der Waals surface area contributed by atoms with Crippen molar-refractivity contribution in [3.05, 3.63) is 105 Å². The zero-order chi connectivity index (χ0) is 35.9. The number of guanidine groups is 1. The van der Waals surface area contributed by atoms with Gasteiger partial charge >= 0.3 is 12.1 Å². The Hall–Kier alpha value is -4.37. The second-order valence-corrected chi connectivity index (χ2v) is 12.3. The van der Waals surface area contributed by atoms with Gasteiger partial charge in [-0.3, -0.25) is 9.56 Å². The third kappa shape index (κ3) is 9.63. The number of methoxy groups -OCH3 is 1. The Balaban J connectivity index is 0.000000698. The molecular formula is C33H32ClF6N5O3S. The molecule has 16 heteroatoms. The number of hydrogen-bond donors (Lipinski definition) is 3. The molecule has 262 valence electrons. The molecule has 1 heterocycles. The van der Waals surface area contributed by atoms with Gasteiger partial charge in [0.1, 0.15) is 23.2 Å². The monoisotopic (exact) mass is 727 g/mol. The fraction of sp³-hybridized carbons (Fsp3) is 0.303. The maximum Gasteiger partial charge on any atom is 0.490 e. The predicted molar refractivity (Wildman–Crippen MR) is 175 cm³/mol. The number of aliphatic carboxylic acids is 1. The number of benzene rings is 3. The number of carboxylic acid groups (broad SMARTS) is 1. The molecule has 49 heavy (non-hydrogen) atoms. The van der Waals surface area contributed by atoms with E-state index in [1.54, 1.807) is 19.2 Å². The highest BCUT2D eigenvalue weighted by atomic mass is 35.5. The molecule has 8 nitrogen and oxygen atoms in total. The lowest BCUT2D eigenvalue weighted by Gasteiger charge is -2.26. The van der Waals surface area contributed by atoms with Crippen molar-refractivity contribution < 1.29 is 41.0 Å². The largest absolute Gasteiger partial charge is 0.495 e. The molecule has 0 aliphatic heterocycles. The number of aryl methyl sites for hydroxylation is 2. The molecule has 1 aliphatic carbocycles. The maximum absolute atomic E-state index is 15.1. The number of thioether (sulfide) groups is 1. The number of carbonyl (C=O) groups is 1. The first kappa shape index (κ1) is 37.4. The van der Waals surface area contributed by atoms with E-state index < -0.39 is 23.8 Å². The fourth-order valence-electron chi connectivity index (χ4n) is 5.33. The van der Waals surface area contributed by atoms with Crippen molar-refractivity contribution in [2.45, 2.75) is 55.1 Å². The average Bonchev–Trinajstić information content (AvgIpc) is 3.41. The maximum atomic E-state index is 15.1. The Kier molecular flexibility index (Phi) is 12.5. The summed E-state index contributed by atoms with van der Waals surface area (Å²) >= 11 is 7.55. The van der Waals surface area contributed by atoms with Gasteiger partial charge in [-0.1, -0.05) is 29.4 Å². The molecule has 1 aliphatic rings. The van der Waals surface area contributed by atoms with Crippen molar-refractivity contribution in [1.82, 2.24) is 9.55 Å². The topological polar surface area (TPSA) is 129 Å². The Bertz CT molecular complexity index is 1790. The van der Waals surface area contributed by atoms with Crippen molar-refractivity contribution >= 4 is 35.3 Å². The van der Waals surface area contributed by atoms with E-state index in [-0.39, 0.29) is 29.0 Å². The Morgan fingerprint density at radius 1 is 1.10 bits per heavy atom. The molecule has 0 saturated heterocycles. The van der Waals surface area contributed by atoms with Gasteiger partial charge in [0.15, 0.2) is 11.1 Å². The van der Waals surface area contributed by atoms with Crippen molar-refractivity contribution in [2.75, 3.05) is 13.7 Å². The van der Waals surface area contributed by atoms with Crippen LogP contribution in [0.1, 0.15) is 53.3 Å². The average molecular weight is 728 g/mol. The van der Waals surface area contributed by atoms with Gasteiger partial charge in [-0.2, -0.15) is 13.2 Å². The third-order valence-corrected chi connectivity index (χ3v) is 8.84. The van der Waals surface area contributed by atoms with E-state index in [0.29, 0.717) is 40.9 Å². The lowest BCUT2D eigenvalue weighted by molar-refractivity contribution is -0.192. The van der Waals surface area contributed by atoms with Gasteiger partial charge in [0, 0.05) is 29.5 Å². The molecule has 5 N–H and O–H groups in total. The number of aliphatic imine (C=N–C) groups is 1. The van der Waals surface area contributed by atoms with Crippen LogP contribution < -0.4 is 16.2 Å². The fourth-order valence-corrected chi connectivity index (χ4v) is 6.58. The summed E-state index contributed by atoms with van der Waals surface area (Å²) < 4.78 is 83.3. The lowest BCUT2D eigenvalue weighted by atomic mass is 9.84. The number of nitrogens with two attached hydrogens (primary N) is 2. The highest BCUT2D eigenvalue weighted by molar-refractivity contribution is 7.98. The van der Waals surface area contributed by atoms with Gasteiger partial charge in [-0.25, -0.2) is 22.9 Å². The summed E-state index contributed by atoms with van der Waals surface area (Å²) in [6, 6.07) is 14.6. The number of alkyl halides is 3. The van der Waals surface area contributed by atoms with Crippen LogP contribution in [0.25, 0.3) is 5.69 Å². The van der Waals surface area contributed by atoms with Gasteiger partial charge in [0.05, 0.1) is 23.5 Å². The second-order valence-electron chi connectivity index (χ2n) is 10.9. The quantitative estimate of drug-likeness (QED) is 0.0506. The zero-order valence-electron chi connectivity index (χ0n) is 26.0. The second kappa shape index (κ2) is 16.4. The summed E-state index contributed by atoms with van der Waals surface area (Å²) in [6.07, 6.45) is -1.54. The first-order valence-electron chi connectivity index (χ1n) is 14.9. The van der Waals surface area contributed by atoms with E-state index >= 15 is 8.78 Å². The summed E-state index contributed by atoms with van der Waals surface area (Å²) in [6.45, 7) is 0.379. The standard InChI is InChI=1S/C31H31ClF3N5OS.C2HF3O2/c1-41-28-16-19(7-12-24(28)32)22-5-2-6-27-29(22)40(21-10-8-20(33)9-11-21)31(39-27)42-17-23-25(34)14-18(15-26(23)35)4-3-13-38-30(36)37;3-2(4,5)1(6)7/h7-12,14-16,22H,2-6,13,17H2,1H3,(H4,36,37,38);(H,6,7). The van der Waals surface area contributed by atoms with Crippen LogP contribution in [0.3, 0.4) is 0 Å². The highest BCUT2D eigenvalue weighted by Crippen LogP contribution is 2.43. The van der Waals surface area contributed by atoms with Crippen LogP contribution in [0, 0.1) is 17.5 Å². The molecule has 0 saturated carbocycles. The number of aromatic nitrogens is 2. The Labute approximate surface area is 287 Å². The van der Waals surface area contributed by atoms with Crippen LogP contribution in [0.5, 0.6) is 5.75 Å². The summed E-state index contributed by atoms with van der Waals surface area (Å²) in [5.74, 6) is -3.78. The number of rotatable bonds is 10. The van der Waals surface area contributed by atoms with E-state index in [4.69, 9.17) is 42.7 Å². The summed E-state index contributed by atoms with van der Waals surface area (Å²) in [4.78, 5) is 17.7. The van der Waals surface area contributed by atoms with Crippen LogP contribution in [-0.4, -0.2) is 46.4 Å². The molecule has 1 aromatic heterocycles. The molecule has 0 spiro atoms. The van der Waals surface area contributed by atoms with Crippen LogP contribution in [0.2, 0.25) is 5.02 Å². The molecule has 5 rings (SSSR count). The van der Waals surface area contributed by atoms with Gasteiger partial charge < -0.3 is 21.3 Å². The van der Waals surface area contributed by atoms with Crippen molar-refractivity contribution in [3.8, 4) is 11.4 Å². The van der Waals surface area contributed by atoms with Crippen LogP contribution >= 0.6 is 23.4 Å². The van der Waals surface area contributed by atoms with Crippen LogP contribution in [0.4, 0.5) is 26.3 Å². The molecule has 3 aromatic carbocycles. The minimum atomic E-state index is -5.08. The van der Waals surface area contributed by atoms with Crippen LogP contribution in [0.15, 0.2) is 64.7 Å². The van der Waals surface area contributed by atoms with Gasteiger partial charge in [-0.15, -0.1) is 0 Å². The van der Waals surface area contributed by atoms with E-state index in [1.807, 2.05) is 22.8 Å². The molecule has 4 aromatic rings. The molecule has 0 radical (unpaired) electrons. The molecule has 1 unspecified atom stereocenters. The van der Waals surface area contributed by atoms with Crippen molar-refractivity contribution in [2.24, 2.45) is 16.5 Å². The third-order valence-electron chi connectivity index (χ3n) is 7.56. The molecule has 0 amide bonds. The molecule has 0 fully saturated rings. The number of imidazole rings is 1. The number of halogens is 7. The van der Waals surface area contributed by atoms with Gasteiger partial charge in [-0.05, 0) is 91.8 Å². The van der Waals surface area contributed by atoms with E-state index in [0.717, 1.165) is 41.9 Å². The summed E-state index contributed by atoms with van der Waals surface area (Å²) in [5.41, 5.74) is 14.8. The normalized spacial score (nSPS) is 14.0. The smallest absolute Gasteiger partial charge is 0.490 e. The highest BCUT2D eigenvalue weighted by Gasteiger charge is 2.38. The first-order valence-corrected chi connectivity index (χ1v) is 16.2. The zero-order valence-corrected chi connectivity index (χ0v) is 27.6. The number of nitrogens with zero attached hydrogens (tertiary/aromatic N) is 3. The van der Waals surface area contributed by atoms with Crippen LogP contribution in [-0.2, 0) is 23.4 Å². The number of carboxylic acids is 1. The molecule has 1 atom stereocenters. The van der Waals surface area contributed by atoms with Gasteiger partial charge in [0.2, 0.25) is 0 Å². The van der Waals surface area contributed by atoms with Crippen molar-refractivity contribution in [3.63, 3.8) is 0 Å². The molecular weight excluding hydrogens is 696 g/mol. The van der Waals surface area contributed by atoms with E-state index in [2.05, 4.69) is 4.99 Å². The summed E-state index contributed by atoms with van der Waals surface area (Å²) in [5, 5.41) is 8.23. The lowest BCUT2D eigenvalue weighted by Crippen LogP contribution is -2.23. The molecule has 0 bridgehead atoms. The Morgan fingerprint density at radius 3 is 2.35 bits per heavy atom. The first-order chi connectivity index (χ1) is 23.2. The number of fused-ring (bicyclic) bond motifs is 1. The van der Waals surface area contributed by atoms with Gasteiger partial charge in [0.25, 0.3) is 0 Å². The van der Waals surface area contributed by atoms with E-state index in [1.165, 1.54) is 36.0 Å². The SMILES string of the molecule is COc1cc(C2CCCc3nc(SCc4c(F)cc(CCCN=C(N)N)cc4F)n(-c4ccc(F)cc4)c32)ccc1Cl.O=C(O)C(F)(F)F. The number of ether oxygens (including phenoxy) is 1. The minimum Gasteiger partial charge on any atom is -0.495 e. The Morgan fingerprint density at radius 2 is 1.76 bits per heavy atom. The van der Waals surface area contributed by atoms with Crippen molar-refractivity contribution in [1.29, 1.82) is 0 Å². The predicted octanol–water partition coefficient (Wildman–Crippen LogP) is 7.55. The number of hydrogen-bond acceptors (Lipinski definition) is 5. The summed E-state index contributed by atoms with van der Waals surface area (Å²) in [7, 11) is 1.58. The van der Waals surface area contributed by atoms with E-state index in [9.17, 15) is 17.6 Å². The minimum absolute atomic E-state index is 0.0142.